The molecule has 0 atom stereocenters. The Morgan fingerprint density at radius 1 is 0.969 bits per heavy atom. The van der Waals surface area contributed by atoms with E-state index in [1.54, 1.807) is 42.5 Å². The van der Waals surface area contributed by atoms with Crippen LogP contribution in [0.2, 0.25) is 0 Å². The number of methoxy groups -OCH3 is 1. The Kier molecular flexibility index (Phi) is 6.27. The van der Waals surface area contributed by atoms with Gasteiger partial charge in [0.05, 0.1) is 18.3 Å². The molecule has 4 rings (SSSR count). The highest BCUT2D eigenvalue weighted by molar-refractivity contribution is 9.10. The van der Waals surface area contributed by atoms with E-state index >= 15 is 0 Å². The van der Waals surface area contributed by atoms with Crippen LogP contribution >= 0.6 is 15.9 Å². The van der Waals surface area contributed by atoms with Crippen LogP contribution in [0, 0.1) is 0 Å². The standard InChI is InChI=1S/C23H18BrN5O3/c1-32-20-12-18-17(21(26-13-25-18)27-16-9-7-15(24)8-10-16)11-19(20)28-23(31)29-22(30)14-5-3-2-4-6-14/h2-13H,1H3,(H,25,26,27)(H2,28,29,30,31). The van der Waals surface area contributed by atoms with Crippen LogP contribution in [-0.2, 0) is 0 Å². The number of imide groups is 1. The first kappa shape index (κ1) is 21.3. The second-order valence-corrected chi connectivity index (χ2v) is 7.61. The van der Waals surface area contributed by atoms with E-state index in [4.69, 9.17) is 4.74 Å². The van der Waals surface area contributed by atoms with E-state index in [0.717, 1.165) is 10.2 Å². The van der Waals surface area contributed by atoms with Crippen molar-refractivity contribution in [1.82, 2.24) is 15.3 Å². The van der Waals surface area contributed by atoms with Gasteiger partial charge in [-0.15, -0.1) is 0 Å². The van der Waals surface area contributed by atoms with E-state index in [0.29, 0.717) is 33.7 Å². The zero-order valence-electron chi connectivity index (χ0n) is 16.9. The Balaban J connectivity index is 1.61. The summed E-state index contributed by atoms with van der Waals surface area (Å²) in [4.78, 5) is 33.3. The maximum absolute atomic E-state index is 12.5. The third kappa shape index (κ3) is 4.84. The summed E-state index contributed by atoms with van der Waals surface area (Å²) in [6.45, 7) is 0. The van der Waals surface area contributed by atoms with Crippen molar-refractivity contribution in [3.05, 3.63) is 83.1 Å². The SMILES string of the molecule is COc1cc2ncnc(Nc3ccc(Br)cc3)c2cc1NC(=O)NC(=O)c1ccccc1. The normalized spacial score (nSPS) is 10.4. The number of nitrogens with one attached hydrogen (secondary N) is 3. The fourth-order valence-corrected chi connectivity index (χ4v) is 3.30. The van der Waals surface area contributed by atoms with Crippen LogP contribution in [0.1, 0.15) is 10.4 Å². The lowest BCUT2D eigenvalue weighted by atomic mass is 10.2. The molecule has 0 saturated heterocycles. The molecule has 0 radical (unpaired) electrons. The number of nitrogens with zero attached hydrogens (tertiary/aromatic N) is 2. The van der Waals surface area contributed by atoms with Crippen molar-refractivity contribution in [2.75, 3.05) is 17.7 Å². The van der Waals surface area contributed by atoms with Gasteiger partial charge in [0.25, 0.3) is 5.91 Å². The van der Waals surface area contributed by atoms with Gasteiger partial charge in [-0.2, -0.15) is 0 Å². The van der Waals surface area contributed by atoms with Crippen LogP contribution in [0.5, 0.6) is 5.75 Å². The average molecular weight is 492 g/mol. The number of carbonyl (C=O) groups excluding carboxylic acids is 2. The zero-order chi connectivity index (χ0) is 22.5. The Morgan fingerprint density at radius 2 is 1.72 bits per heavy atom. The molecule has 0 unspecified atom stereocenters. The third-order valence-corrected chi connectivity index (χ3v) is 5.10. The van der Waals surface area contributed by atoms with Crippen molar-refractivity contribution < 1.29 is 14.3 Å². The van der Waals surface area contributed by atoms with Gasteiger partial charge in [0.15, 0.2) is 0 Å². The van der Waals surface area contributed by atoms with Crippen LogP contribution in [0.4, 0.5) is 22.0 Å². The predicted octanol–water partition coefficient (Wildman–Crippen LogP) is 5.11. The first-order chi connectivity index (χ1) is 15.5. The van der Waals surface area contributed by atoms with Gasteiger partial charge in [0.2, 0.25) is 0 Å². The van der Waals surface area contributed by atoms with Crippen molar-refractivity contribution in [3.8, 4) is 5.75 Å². The van der Waals surface area contributed by atoms with Crippen molar-refractivity contribution in [2.24, 2.45) is 0 Å². The summed E-state index contributed by atoms with van der Waals surface area (Å²) in [5, 5.41) is 8.89. The van der Waals surface area contributed by atoms with Gasteiger partial charge in [-0.05, 0) is 42.5 Å². The van der Waals surface area contributed by atoms with E-state index in [9.17, 15) is 9.59 Å². The summed E-state index contributed by atoms with van der Waals surface area (Å²) in [6.07, 6.45) is 1.45. The van der Waals surface area contributed by atoms with Crippen LogP contribution in [0.3, 0.4) is 0 Å². The highest BCUT2D eigenvalue weighted by atomic mass is 79.9. The van der Waals surface area contributed by atoms with Gasteiger partial charge in [0, 0.05) is 27.2 Å². The summed E-state index contributed by atoms with van der Waals surface area (Å²) < 4.78 is 6.36. The van der Waals surface area contributed by atoms with E-state index in [1.807, 2.05) is 24.3 Å². The van der Waals surface area contributed by atoms with Gasteiger partial charge in [-0.25, -0.2) is 14.8 Å². The van der Waals surface area contributed by atoms with E-state index in [2.05, 4.69) is 41.8 Å². The highest BCUT2D eigenvalue weighted by Crippen LogP contribution is 2.33. The number of carbonyl (C=O) groups is 2. The smallest absolute Gasteiger partial charge is 0.326 e. The van der Waals surface area contributed by atoms with E-state index < -0.39 is 11.9 Å². The van der Waals surface area contributed by atoms with Gasteiger partial charge in [-0.1, -0.05) is 34.1 Å². The highest BCUT2D eigenvalue weighted by Gasteiger charge is 2.15. The molecule has 0 aliphatic heterocycles. The molecule has 160 valence electrons. The number of benzene rings is 3. The lowest BCUT2D eigenvalue weighted by Gasteiger charge is -2.14. The van der Waals surface area contributed by atoms with Crippen molar-refractivity contribution in [3.63, 3.8) is 0 Å². The first-order valence-corrected chi connectivity index (χ1v) is 10.4. The average Bonchev–Trinajstić information content (AvgIpc) is 2.81. The molecule has 32 heavy (non-hydrogen) atoms. The zero-order valence-corrected chi connectivity index (χ0v) is 18.5. The number of anilines is 3. The summed E-state index contributed by atoms with van der Waals surface area (Å²) in [5.41, 5.74) is 2.21. The van der Waals surface area contributed by atoms with Crippen molar-refractivity contribution in [1.29, 1.82) is 0 Å². The lowest BCUT2D eigenvalue weighted by Crippen LogP contribution is -2.34. The molecule has 1 aromatic heterocycles. The summed E-state index contributed by atoms with van der Waals surface area (Å²) in [5.74, 6) is 0.445. The summed E-state index contributed by atoms with van der Waals surface area (Å²) >= 11 is 3.41. The number of urea groups is 1. The van der Waals surface area contributed by atoms with E-state index in [1.165, 1.54) is 13.4 Å². The second-order valence-electron chi connectivity index (χ2n) is 6.70. The summed E-state index contributed by atoms with van der Waals surface area (Å²) in [7, 11) is 1.49. The molecule has 0 fully saturated rings. The topological polar surface area (TPSA) is 105 Å². The second kappa shape index (κ2) is 9.44. The van der Waals surface area contributed by atoms with Gasteiger partial charge in [0.1, 0.15) is 17.9 Å². The maximum Gasteiger partial charge on any atom is 0.326 e. The van der Waals surface area contributed by atoms with Crippen LogP contribution in [0.15, 0.2) is 77.5 Å². The number of hydrogen-bond acceptors (Lipinski definition) is 6. The number of rotatable bonds is 5. The Labute approximate surface area is 192 Å². The molecule has 3 amide bonds. The largest absolute Gasteiger partial charge is 0.494 e. The number of hydrogen-bond donors (Lipinski definition) is 3. The van der Waals surface area contributed by atoms with Crippen molar-refractivity contribution >= 4 is 56.0 Å². The maximum atomic E-state index is 12.5. The molecule has 3 aromatic carbocycles. The predicted molar refractivity (Wildman–Crippen MR) is 126 cm³/mol. The minimum atomic E-state index is -0.684. The number of fused-ring (bicyclic) bond motifs is 1. The fourth-order valence-electron chi connectivity index (χ4n) is 3.04. The lowest BCUT2D eigenvalue weighted by molar-refractivity contribution is 0.0967. The Hall–Kier alpha value is -3.98. The van der Waals surface area contributed by atoms with E-state index in [-0.39, 0.29) is 0 Å². The molecule has 4 aromatic rings. The monoisotopic (exact) mass is 491 g/mol. The number of aromatic nitrogens is 2. The molecule has 0 aliphatic rings. The van der Waals surface area contributed by atoms with Crippen molar-refractivity contribution in [2.45, 2.75) is 0 Å². The van der Waals surface area contributed by atoms with Gasteiger partial charge >= 0.3 is 6.03 Å². The minimum absolute atomic E-state index is 0.368. The Bertz CT molecular complexity index is 1280. The molecule has 3 N–H and O–H groups in total. The van der Waals surface area contributed by atoms with Crippen LogP contribution < -0.4 is 20.7 Å². The minimum Gasteiger partial charge on any atom is -0.494 e. The molecular weight excluding hydrogens is 474 g/mol. The molecule has 9 heteroatoms. The molecule has 8 nitrogen and oxygen atoms in total. The molecular formula is C23H18BrN5O3. The van der Waals surface area contributed by atoms with Crippen LogP contribution in [0.25, 0.3) is 10.9 Å². The third-order valence-electron chi connectivity index (χ3n) is 4.57. The molecule has 0 saturated carbocycles. The first-order valence-electron chi connectivity index (χ1n) is 9.56. The Morgan fingerprint density at radius 3 is 2.44 bits per heavy atom. The molecule has 0 aliphatic carbocycles. The number of halogens is 1. The number of amides is 3. The fraction of sp³-hybridized carbons (Fsp3) is 0.0435. The van der Waals surface area contributed by atoms with Gasteiger partial charge < -0.3 is 15.4 Å². The van der Waals surface area contributed by atoms with Crippen LogP contribution in [-0.4, -0.2) is 29.0 Å². The summed E-state index contributed by atoms with van der Waals surface area (Å²) in [6, 6.07) is 18.8. The van der Waals surface area contributed by atoms with Gasteiger partial charge in [-0.3, -0.25) is 10.1 Å². The quantitative estimate of drug-likeness (QED) is 0.358. The number of ether oxygens (including phenoxy) is 1. The molecule has 0 bridgehead atoms. The molecule has 0 spiro atoms. The molecule has 1 heterocycles.